The number of ether oxygens (including phenoxy) is 1. The molecule has 0 bridgehead atoms. The van der Waals surface area contributed by atoms with Gasteiger partial charge in [0.05, 0.1) is 17.2 Å². The Hall–Kier alpha value is -0.250. The molecule has 0 N–H and O–H groups in total. The molecule has 0 radical (unpaired) electrons. The van der Waals surface area contributed by atoms with E-state index >= 15 is 0 Å². The maximum atomic E-state index is 11.2. The third kappa shape index (κ3) is 3.37. The van der Waals surface area contributed by atoms with E-state index in [0.717, 1.165) is 5.56 Å². The molecule has 0 aromatic heterocycles. The quantitative estimate of drug-likeness (QED) is 0.631. The van der Waals surface area contributed by atoms with E-state index in [4.69, 9.17) is 23.2 Å². The molecule has 15 heavy (non-hydrogen) atoms. The van der Waals surface area contributed by atoms with Crippen molar-refractivity contribution in [1.82, 2.24) is 0 Å². The molecule has 1 rings (SSSR count). The van der Waals surface area contributed by atoms with Crippen LogP contribution in [-0.2, 0) is 16.0 Å². The Balaban J connectivity index is 2.81. The van der Waals surface area contributed by atoms with Crippen molar-refractivity contribution in [1.29, 1.82) is 0 Å². The van der Waals surface area contributed by atoms with Crippen LogP contribution >= 0.6 is 39.1 Å². The van der Waals surface area contributed by atoms with Gasteiger partial charge in [-0.05, 0) is 18.1 Å². The molecular formula is C10H9BrCl2O2. The second kappa shape index (κ2) is 5.73. The molecule has 0 saturated carbocycles. The van der Waals surface area contributed by atoms with Gasteiger partial charge in [-0.15, -0.1) is 0 Å². The van der Waals surface area contributed by atoms with E-state index in [1.807, 2.05) is 6.07 Å². The molecule has 1 aromatic rings. The second-order valence-electron chi connectivity index (χ2n) is 2.91. The van der Waals surface area contributed by atoms with Gasteiger partial charge in [0, 0.05) is 0 Å². The van der Waals surface area contributed by atoms with Gasteiger partial charge >= 0.3 is 5.97 Å². The van der Waals surface area contributed by atoms with Gasteiger partial charge in [-0.1, -0.05) is 51.3 Å². The highest BCUT2D eigenvalue weighted by Gasteiger charge is 2.17. The molecule has 82 valence electrons. The standard InChI is InChI=1S/C10H9BrCl2O2/c1-15-10(14)7(11)5-6-3-2-4-8(12)9(6)13/h2-4,7H,5H2,1H3. The maximum absolute atomic E-state index is 11.2. The van der Waals surface area contributed by atoms with E-state index < -0.39 is 4.83 Å². The second-order valence-corrected chi connectivity index (χ2v) is 4.80. The first kappa shape index (κ1) is 12.8. The van der Waals surface area contributed by atoms with E-state index in [1.165, 1.54) is 7.11 Å². The number of esters is 1. The largest absolute Gasteiger partial charge is 0.468 e. The summed E-state index contributed by atoms with van der Waals surface area (Å²) in [5.41, 5.74) is 0.816. The zero-order chi connectivity index (χ0) is 11.4. The minimum atomic E-state index is -0.404. The normalized spacial score (nSPS) is 12.3. The number of halogens is 3. The average Bonchev–Trinajstić information content (AvgIpc) is 2.23. The first-order chi connectivity index (χ1) is 7.06. The van der Waals surface area contributed by atoms with Crippen LogP contribution in [0.4, 0.5) is 0 Å². The minimum Gasteiger partial charge on any atom is -0.468 e. The van der Waals surface area contributed by atoms with E-state index in [2.05, 4.69) is 20.7 Å². The Kier molecular flexibility index (Phi) is 4.90. The van der Waals surface area contributed by atoms with Gasteiger partial charge < -0.3 is 4.74 Å². The average molecular weight is 312 g/mol. The van der Waals surface area contributed by atoms with Crippen molar-refractivity contribution in [2.24, 2.45) is 0 Å². The van der Waals surface area contributed by atoms with Crippen molar-refractivity contribution < 1.29 is 9.53 Å². The summed E-state index contributed by atoms with van der Waals surface area (Å²) in [7, 11) is 1.34. The summed E-state index contributed by atoms with van der Waals surface area (Å²) in [5, 5.41) is 0.964. The SMILES string of the molecule is COC(=O)C(Br)Cc1cccc(Cl)c1Cl. The highest BCUT2D eigenvalue weighted by molar-refractivity contribution is 9.10. The van der Waals surface area contributed by atoms with Crippen LogP contribution in [0.2, 0.25) is 10.0 Å². The van der Waals surface area contributed by atoms with Crippen molar-refractivity contribution in [2.75, 3.05) is 7.11 Å². The van der Waals surface area contributed by atoms with Gasteiger partial charge in [0.15, 0.2) is 0 Å². The van der Waals surface area contributed by atoms with Crippen LogP contribution in [0.5, 0.6) is 0 Å². The molecule has 1 aromatic carbocycles. The number of methoxy groups -OCH3 is 1. The van der Waals surface area contributed by atoms with Gasteiger partial charge in [-0.25, -0.2) is 0 Å². The first-order valence-electron chi connectivity index (χ1n) is 4.21. The molecule has 0 heterocycles. The Morgan fingerprint density at radius 1 is 1.53 bits per heavy atom. The fourth-order valence-electron chi connectivity index (χ4n) is 1.11. The van der Waals surface area contributed by atoms with Gasteiger partial charge in [-0.3, -0.25) is 4.79 Å². The van der Waals surface area contributed by atoms with Crippen molar-refractivity contribution >= 4 is 45.1 Å². The van der Waals surface area contributed by atoms with Crippen LogP contribution in [-0.4, -0.2) is 17.9 Å². The van der Waals surface area contributed by atoms with Gasteiger partial charge in [0.1, 0.15) is 4.83 Å². The van der Waals surface area contributed by atoms with Crippen LogP contribution in [0.1, 0.15) is 5.56 Å². The Bertz CT molecular complexity index is 368. The lowest BCUT2D eigenvalue weighted by Gasteiger charge is -2.09. The molecule has 2 nitrogen and oxygen atoms in total. The third-order valence-corrected chi connectivity index (χ3v) is 3.44. The number of rotatable bonds is 3. The fourth-order valence-corrected chi connectivity index (χ4v) is 2.04. The van der Waals surface area contributed by atoms with Crippen LogP contribution < -0.4 is 0 Å². The lowest BCUT2D eigenvalue weighted by molar-refractivity contribution is -0.139. The Morgan fingerprint density at radius 3 is 2.80 bits per heavy atom. The summed E-state index contributed by atoms with van der Waals surface area (Å²) in [6, 6.07) is 5.32. The maximum Gasteiger partial charge on any atom is 0.319 e. The van der Waals surface area contributed by atoms with E-state index in [1.54, 1.807) is 12.1 Å². The van der Waals surface area contributed by atoms with Crippen LogP contribution in [0.3, 0.4) is 0 Å². The first-order valence-corrected chi connectivity index (χ1v) is 5.88. The predicted molar refractivity (Wildman–Crippen MR) is 64.9 cm³/mol. The van der Waals surface area contributed by atoms with Crippen molar-refractivity contribution in [3.05, 3.63) is 33.8 Å². The fraction of sp³-hybridized carbons (Fsp3) is 0.300. The monoisotopic (exact) mass is 310 g/mol. The van der Waals surface area contributed by atoms with Gasteiger partial charge in [-0.2, -0.15) is 0 Å². The van der Waals surface area contributed by atoms with Crippen molar-refractivity contribution in [3.63, 3.8) is 0 Å². The molecule has 1 atom stereocenters. The molecule has 0 spiro atoms. The molecule has 0 aliphatic heterocycles. The van der Waals surface area contributed by atoms with Crippen LogP contribution in [0, 0.1) is 0 Å². The number of carbonyl (C=O) groups excluding carboxylic acids is 1. The lowest BCUT2D eigenvalue weighted by Crippen LogP contribution is -2.18. The van der Waals surface area contributed by atoms with Gasteiger partial charge in [0.2, 0.25) is 0 Å². The number of hydrogen-bond acceptors (Lipinski definition) is 2. The lowest BCUT2D eigenvalue weighted by atomic mass is 10.1. The van der Waals surface area contributed by atoms with Crippen LogP contribution in [0.25, 0.3) is 0 Å². The highest BCUT2D eigenvalue weighted by Crippen LogP contribution is 2.27. The number of benzene rings is 1. The molecule has 0 saturated heterocycles. The highest BCUT2D eigenvalue weighted by atomic mass is 79.9. The Morgan fingerprint density at radius 2 is 2.20 bits per heavy atom. The molecule has 0 amide bonds. The summed E-state index contributed by atoms with van der Waals surface area (Å²) in [4.78, 5) is 10.8. The van der Waals surface area contributed by atoms with Gasteiger partial charge in [0.25, 0.3) is 0 Å². The molecule has 5 heteroatoms. The third-order valence-electron chi connectivity index (χ3n) is 1.89. The van der Waals surface area contributed by atoms with Crippen LogP contribution in [0.15, 0.2) is 18.2 Å². The smallest absolute Gasteiger partial charge is 0.319 e. The molecule has 1 unspecified atom stereocenters. The van der Waals surface area contributed by atoms with E-state index in [0.29, 0.717) is 16.5 Å². The molecule has 0 aliphatic carbocycles. The summed E-state index contributed by atoms with van der Waals surface area (Å²) in [5.74, 6) is -0.328. The molecule has 0 fully saturated rings. The zero-order valence-electron chi connectivity index (χ0n) is 7.97. The Labute approximate surface area is 107 Å². The summed E-state index contributed by atoms with van der Waals surface area (Å²) >= 11 is 15.1. The molecular weight excluding hydrogens is 303 g/mol. The summed E-state index contributed by atoms with van der Waals surface area (Å²) < 4.78 is 4.59. The van der Waals surface area contributed by atoms with E-state index in [9.17, 15) is 4.79 Å². The number of alkyl halides is 1. The topological polar surface area (TPSA) is 26.3 Å². The number of hydrogen-bond donors (Lipinski definition) is 0. The summed E-state index contributed by atoms with van der Waals surface area (Å²) in [6.45, 7) is 0. The predicted octanol–water partition coefficient (Wildman–Crippen LogP) is 3.47. The van der Waals surface area contributed by atoms with Crippen molar-refractivity contribution in [3.8, 4) is 0 Å². The summed E-state index contributed by atoms with van der Waals surface area (Å²) in [6.07, 6.45) is 0.450. The molecule has 0 aliphatic rings. The zero-order valence-corrected chi connectivity index (χ0v) is 11.1. The van der Waals surface area contributed by atoms with Crippen molar-refractivity contribution in [2.45, 2.75) is 11.2 Å². The number of carbonyl (C=O) groups is 1. The minimum absolute atomic E-state index is 0.328. The van der Waals surface area contributed by atoms with E-state index in [-0.39, 0.29) is 5.97 Å².